The van der Waals surface area contributed by atoms with E-state index in [1.54, 1.807) is 6.20 Å². The molecule has 1 aliphatic heterocycles. The van der Waals surface area contributed by atoms with Crippen molar-refractivity contribution in [2.24, 2.45) is 0 Å². The fourth-order valence-electron chi connectivity index (χ4n) is 4.58. The van der Waals surface area contributed by atoms with E-state index in [4.69, 9.17) is 4.74 Å². The summed E-state index contributed by atoms with van der Waals surface area (Å²) >= 11 is 0. The van der Waals surface area contributed by atoms with Crippen molar-refractivity contribution < 1.29 is 9.53 Å². The van der Waals surface area contributed by atoms with E-state index < -0.39 is 5.69 Å². The highest BCUT2D eigenvalue weighted by atomic mass is 16.5. The number of H-pyrrole nitrogens is 1. The van der Waals surface area contributed by atoms with E-state index in [0.29, 0.717) is 12.4 Å². The van der Waals surface area contributed by atoms with Gasteiger partial charge in [-0.3, -0.25) is 4.98 Å². The van der Waals surface area contributed by atoms with Gasteiger partial charge in [0.05, 0.1) is 22.8 Å². The molecule has 1 amide bonds. The smallest absolute Gasteiger partial charge is 0.344 e. The van der Waals surface area contributed by atoms with Crippen LogP contribution < -0.4 is 15.7 Å². The van der Waals surface area contributed by atoms with Crippen LogP contribution in [-0.2, 0) is 0 Å². The van der Waals surface area contributed by atoms with E-state index in [0.717, 1.165) is 49.9 Å². The molecular weight excluding hydrogens is 432 g/mol. The number of fused-ring (bicyclic) bond motifs is 4. The summed E-state index contributed by atoms with van der Waals surface area (Å²) in [5, 5.41) is 9.37. The number of hydrogen-bond donors (Lipinski definition) is 2. The molecule has 0 fully saturated rings. The van der Waals surface area contributed by atoms with Crippen LogP contribution in [0.15, 0.2) is 59.7 Å². The summed E-state index contributed by atoms with van der Waals surface area (Å²) in [6.45, 7) is 4.13. The SMILES string of the molecule is Cc1nc2ccccc2c2c1c(C)nn2C(=O)N[C@@H]1COc2cc(-c3cnc(=O)[nH]c3)ccc21. The number of nitrogens with zero attached hydrogens (tertiary/aromatic N) is 4. The lowest BCUT2D eigenvalue weighted by atomic mass is 10.0. The first-order chi connectivity index (χ1) is 16.5. The van der Waals surface area contributed by atoms with Gasteiger partial charge >= 0.3 is 11.7 Å². The van der Waals surface area contributed by atoms with Crippen molar-refractivity contribution in [3.05, 3.63) is 82.3 Å². The summed E-state index contributed by atoms with van der Waals surface area (Å²) in [4.78, 5) is 35.6. The minimum atomic E-state index is -0.399. The van der Waals surface area contributed by atoms with Crippen molar-refractivity contribution in [2.45, 2.75) is 19.9 Å². The van der Waals surface area contributed by atoms with Gasteiger partial charge in [-0.2, -0.15) is 9.78 Å². The van der Waals surface area contributed by atoms with Gasteiger partial charge in [0.1, 0.15) is 12.4 Å². The van der Waals surface area contributed by atoms with E-state index in [1.165, 1.54) is 10.9 Å². The van der Waals surface area contributed by atoms with Crippen molar-refractivity contribution in [1.82, 2.24) is 30.0 Å². The number of amides is 1. The molecule has 9 heteroatoms. The summed E-state index contributed by atoms with van der Waals surface area (Å²) < 4.78 is 7.30. The third-order valence-corrected chi connectivity index (χ3v) is 6.16. The van der Waals surface area contributed by atoms with Gasteiger partial charge in [0.2, 0.25) is 0 Å². The van der Waals surface area contributed by atoms with Crippen LogP contribution in [0.5, 0.6) is 5.75 Å². The maximum absolute atomic E-state index is 13.4. The predicted octanol–water partition coefficient (Wildman–Crippen LogP) is 3.64. The fraction of sp³-hybridized carbons (Fsp3) is 0.160. The van der Waals surface area contributed by atoms with Gasteiger partial charge in [0.25, 0.3) is 0 Å². The molecule has 1 aliphatic rings. The number of nitrogens with one attached hydrogen (secondary N) is 2. The molecule has 5 aromatic rings. The standard InChI is InChI=1S/C25H20N6O3/c1-13-22-14(2)30-31(23(22)18-5-3-4-6-19(18)28-13)25(33)29-20-12-34-21-9-15(7-8-17(20)21)16-10-26-24(32)27-11-16/h3-11,20H,12H2,1-2H3,(H,29,33)(H,26,27,32)/t20-/m1/s1. The van der Waals surface area contributed by atoms with Gasteiger partial charge in [-0.25, -0.2) is 14.6 Å². The highest BCUT2D eigenvalue weighted by molar-refractivity contribution is 6.08. The maximum Gasteiger partial charge on any atom is 0.344 e. The number of aromatic amines is 1. The zero-order valence-electron chi connectivity index (χ0n) is 18.5. The molecule has 34 heavy (non-hydrogen) atoms. The normalized spacial score (nSPS) is 14.8. The number of pyridine rings is 1. The molecule has 0 aliphatic carbocycles. The number of carbonyl (C=O) groups excluding carboxylic acids is 1. The molecule has 2 aromatic carbocycles. The van der Waals surface area contributed by atoms with Crippen LogP contribution in [-0.4, -0.2) is 37.4 Å². The quantitative estimate of drug-likeness (QED) is 0.423. The summed E-state index contributed by atoms with van der Waals surface area (Å²) in [5.74, 6) is 0.681. The molecule has 168 valence electrons. The van der Waals surface area contributed by atoms with E-state index >= 15 is 0 Å². The third kappa shape index (κ3) is 3.13. The topological polar surface area (TPSA) is 115 Å². The minimum Gasteiger partial charge on any atom is -0.491 e. The summed E-state index contributed by atoms with van der Waals surface area (Å²) in [7, 11) is 0. The average molecular weight is 452 g/mol. The summed E-state index contributed by atoms with van der Waals surface area (Å²) in [6, 6.07) is 12.8. The number of aromatic nitrogens is 5. The van der Waals surface area contributed by atoms with Crippen molar-refractivity contribution in [2.75, 3.05) is 6.61 Å². The Morgan fingerprint density at radius 3 is 2.82 bits per heavy atom. The number of hydrogen-bond acceptors (Lipinski definition) is 6. The van der Waals surface area contributed by atoms with Crippen molar-refractivity contribution in [3.8, 4) is 16.9 Å². The maximum atomic E-state index is 13.4. The molecule has 4 heterocycles. The Balaban J connectivity index is 1.35. The monoisotopic (exact) mass is 452 g/mol. The van der Waals surface area contributed by atoms with Gasteiger partial charge < -0.3 is 15.0 Å². The average Bonchev–Trinajstić information content (AvgIpc) is 3.40. The molecule has 9 nitrogen and oxygen atoms in total. The second kappa shape index (κ2) is 7.51. The van der Waals surface area contributed by atoms with E-state index in [1.807, 2.05) is 56.3 Å². The van der Waals surface area contributed by atoms with Crippen LogP contribution in [0.1, 0.15) is 23.0 Å². The van der Waals surface area contributed by atoms with Crippen molar-refractivity contribution in [3.63, 3.8) is 0 Å². The van der Waals surface area contributed by atoms with Gasteiger partial charge in [-0.1, -0.05) is 30.3 Å². The van der Waals surface area contributed by atoms with E-state index in [2.05, 4.69) is 25.4 Å². The number of carbonyl (C=O) groups is 1. The molecule has 0 saturated carbocycles. The summed E-state index contributed by atoms with van der Waals surface area (Å²) in [5.41, 5.74) is 5.27. The molecule has 1 atom stereocenters. The highest BCUT2D eigenvalue weighted by Gasteiger charge is 2.28. The molecule has 0 radical (unpaired) electrons. The van der Waals surface area contributed by atoms with Gasteiger partial charge in [-0.15, -0.1) is 0 Å². The van der Waals surface area contributed by atoms with Gasteiger partial charge in [0, 0.05) is 40.0 Å². The van der Waals surface area contributed by atoms with E-state index in [9.17, 15) is 9.59 Å². The molecule has 0 saturated heterocycles. The minimum absolute atomic E-state index is 0.313. The number of para-hydroxylation sites is 1. The lowest BCUT2D eigenvalue weighted by molar-refractivity contribution is 0.231. The first-order valence-corrected chi connectivity index (χ1v) is 10.9. The van der Waals surface area contributed by atoms with Gasteiger partial charge in [0.15, 0.2) is 0 Å². The number of aryl methyl sites for hydroxylation is 2. The Morgan fingerprint density at radius 1 is 1.15 bits per heavy atom. The zero-order valence-corrected chi connectivity index (χ0v) is 18.5. The lowest BCUT2D eigenvalue weighted by Gasteiger charge is -2.13. The van der Waals surface area contributed by atoms with Crippen LogP contribution >= 0.6 is 0 Å². The number of ether oxygens (including phenoxy) is 1. The van der Waals surface area contributed by atoms with Crippen LogP contribution in [0, 0.1) is 13.8 Å². The molecular formula is C25H20N6O3. The molecule has 6 rings (SSSR count). The van der Waals surface area contributed by atoms with Crippen molar-refractivity contribution in [1.29, 1.82) is 0 Å². The Bertz CT molecular complexity index is 1650. The zero-order chi connectivity index (χ0) is 23.4. The van der Waals surface area contributed by atoms with Crippen molar-refractivity contribution >= 4 is 27.8 Å². The third-order valence-electron chi connectivity index (χ3n) is 6.16. The van der Waals surface area contributed by atoms with Crippen LogP contribution in [0.3, 0.4) is 0 Å². The first-order valence-electron chi connectivity index (χ1n) is 10.9. The molecule has 3 aromatic heterocycles. The first kappa shape index (κ1) is 20.1. The van der Waals surface area contributed by atoms with E-state index in [-0.39, 0.29) is 12.1 Å². The van der Waals surface area contributed by atoms with Crippen LogP contribution in [0.4, 0.5) is 4.79 Å². The molecule has 0 spiro atoms. The molecule has 2 N–H and O–H groups in total. The highest BCUT2D eigenvalue weighted by Crippen LogP contribution is 2.36. The fourth-order valence-corrected chi connectivity index (χ4v) is 4.58. The molecule has 0 unspecified atom stereocenters. The Hall–Kier alpha value is -4.53. The largest absolute Gasteiger partial charge is 0.491 e. The summed E-state index contributed by atoms with van der Waals surface area (Å²) in [6.07, 6.45) is 3.12. The van der Waals surface area contributed by atoms with Crippen LogP contribution in [0.25, 0.3) is 32.9 Å². The Labute approximate surface area is 193 Å². The molecule has 0 bridgehead atoms. The number of benzene rings is 2. The van der Waals surface area contributed by atoms with Gasteiger partial charge in [-0.05, 0) is 31.5 Å². The second-order valence-corrected chi connectivity index (χ2v) is 8.31. The number of rotatable bonds is 2. The Kier molecular flexibility index (Phi) is 4.44. The lowest BCUT2D eigenvalue weighted by Crippen LogP contribution is -2.33. The predicted molar refractivity (Wildman–Crippen MR) is 127 cm³/mol. The van der Waals surface area contributed by atoms with Crippen LogP contribution in [0.2, 0.25) is 0 Å². The second-order valence-electron chi connectivity index (χ2n) is 8.31. The Morgan fingerprint density at radius 2 is 2.00 bits per heavy atom.